The van der Waals surface area contributed by atoms with E-state index in [1.807, 2.05) is 51.1 Å². The van der Waals surface area contributed by atoms with E-state index >= 15 is 0 Å². The largest absolute Gasteiger partial charge is 0.481 e. The number of carboxylic acid groups (broad SMARTS) is 1. The summed E-state index contributed by atoms with van der Waals surface area (Å²) in [7, 11) is 0. The predicted molar refractivity (Wildman–Crippen MR) is 106 cm³/mol. The van der Waals surface area contributed by atoms with Gasteiger partial charge in [0.25, 0.3) is 5.91 Å². The summed E-state index contributed by atoms with van der Waals surface area (Å²) in [6.45, 7) is 5.86. The maximum atomic E-state index is 13.1. The number of amides is 1. The van der Waals surface area contributed by atoms with Crippen LogP contribution < -0.4 is 5.32 Å². The van der Waals surface area contributed by atoms with Crippen LogP contribution in [-0.4, -0.2) is 31.7 Å². The fourth-order valence-corrected chi connectivity index (χ4v) is 3.22. The minimum atomic E-state index is -0.893. The van der Waals surface area contributed by atoms with Crippen LogP contribution in [0.2, 0.25) is 0 Å². The van der Waals surface area contributed by atoms with Crippen LogP contribution in [0.25, 0.3) is 11.0 Å². The highest BCUT2D eigenvalue weighted by molar-refractivity contribution is 6.05. The molecule has 1 amide bonds. The molecule has 0 spiro atoms. The van der Waals surface area contributed by atoms with Gasteiger partial charge in [0.05, 0.1) is 23.2 Å². The van der Waals surface area contributed by atoms with E-state index in [-0.39, 0.29) is 18.4 Å². The van der Waals surface area contributed by atoms with E-state index in [4.69, 9.17) is 5.11 Å². The number of fused-ring (bicyclic) bond motifs is 1. The molecule has 0 fully saturated rings. The highest BCUT2D eigenvalue weighted by Gasteiger charge is 2.21. The Hall–Kier alpha value is -3.22. The van der Waals surface area contributed by atoms with Crippen LogP contribution in [0.5, 0.6) is 0 Å². The number of aliphatic carboxylic acids is 1. The zero-order valence-electron chi connectivity index (χ0n) is 16.2. The van der Waals surface area contributed by atoms with Gasteiger partial charge in [-0.05, 0) is 38.8 Å². The Labute approximate surface area is 163 Å². The van der Waals surface area contributed by atoms with Crippen molar-refractivity contribution in [2.75, 3.05) is 0 Å². The van der Waals surface area contributed by atoms with Gasteiger partial charge >= 0.3 is 5.97 Å². The lowest BCUT2D eigenvalue weighted by atomic mass is 10.0. The third kappa shape index (κ3) is 4.19. The monoisotopic (exact) mass is 380 g/mol. The van der Waals surface area contributed by atoms with Gasteiger partial charge in [0.15, 0.2) is 5.65 Å². The van der Waals surface area contributed by atoms with E-state index in [0.29, 0.717) is 23.0 Å². The Bertz CT molecular complexity index is 996. The molecule has 0 aliphatic carbocycles. The molecule has 0 bridgehead atoms. The van der Waals surface area contributed by atoms with Gasteiger partial charge in [0, 0.05) is 18.2 Å². The third-order valence-electron chi connectivity index (χ3n) is 4.58. The fourth-order valence-electron chi connectivity index (χ4n) is 3.22. The number of aryl methyl sites for hydroxylation is 1. The number of pyridine rings is 1. The van der Waals surface area contributed by atoms with E-state index in [2.05, 4.69) is 15.4 Å². The van der Waals surface area contributed by atoms with Gasteiger partial charge in [0.2, 0.25) is 0 Å². The first-order chi connectivity index (χ1) is 13.4. The maximum absolute atomic E-state index is 13.1. The van der Waals surface area contributed by atoms with Crippen molar-refractivity contribution >= 4 is 22.9 Å². The topological polar surface area (TPSA) is 97.1 Å². The normalized spacial score (nSPS) is 12.3. The van der Waals surface area contributed by atoms with Crippen LogP contribution in [0.1, 0.15) is 60.4 Å². The smallest absolute Gasteiger partial charge is 0.303 e. The molecule has 0 radical (unpaired) electrons. The number of carbonyl (C=O) groups excluding carboxylic acids is 1. The van der Waals surface area contributed by atoms with Crippen molar-refractivity contribution in [3.8, 4) is 0 Å². The molecule has 0 saturated heterocycles. The summed E-state index contributed by atoms with van der Waals surface area (Å²) >= 11 is 0. The van der Waals surface area contributed by atoms with Gasteiger partial charge in [0.1, 0.15) is 0 Å². The summed E-state index contributed by atoms with van der Waals surface area (Å²) in [6, 6.07) is 10.9. The minimum absolute atomic E-state index is 0.0318. The van der Waals surface area contributed by atoms with Gasteiger partial charge in [-0.15, -0.1) is 0 Å². The molecule has 3 aromatic rings. The number of hydrogen-bond acceptors (Lipinski definition) is 4. The molecule has 0 saturated carbocycles. The first-order valence-corrected chi connectivity index (χ1v) is 9.29. The summed E-state index contributed by atoms with van der Waals surface area (Å²) < 4.78 is 1.79. The first kappa shape index (κ1) is 19.5. The van der Waals surface area contributed by atoms with Crippen molar-refractivity contribution in [3.63, 3.8) is 0 Å². The molecule has 7 heteroatoms. The Morgan fingerprint density at radius 3 is 2.57 bits per heavy atom. The molecule has 1 atom stereocenters. The zero-order chi connectivity index (χ0) is 20.3. The number of benzene rings is 1. The van der Waals surface area contributed by atoms with Crippen LogP contribution in [-0.2, 0) is 4.79 Å². The molecule has 0 aliphatic rings. The predicted octanol–water partition coefficient (Wildman–Crippen LogP) is 3.66. The van der Waals surface area contributed by atoms with E-state index in [9.17, 15) is 9.59 Å². The van der Waals surface area contributed by atoms with E-state index in [0.717, 1.165) is 11.3 Å². The molecule has 2 heterocycles. The number of nitrogens with zero attached hydrogens (tertiary/aromatic N) is 3. The van der Waals surface area contributed by atoms with E-state index in [1.165, 1.54) is 0 Å². The molecular weight excluding hydrogens is 356 g/mol. The lowest BCUT2D eigenvalue weighted by molar-refractivity contribution is -0.137. The molecule has 146 valence electrons. The number of rotatable bonds is 7. The second-order valence-electron chi connectivity index (χ2n) is 7.10. The quantitative estimate of drug-likeness (QED) is 0.652. The molecule has 2 N–H and O–H groups in total. The molecule has 0 aliphatic heterocycles. The highest BCUT2D eigenvalue weighted by atomic mass is 16.4. The average molecular weight is 380 g/mol. The molecule has 1 aromatic carbocycles. The Balaban J connectivity index is 1.94. The summed E-state index contributed by atoms with van der Waals surface area (Å²) in [6.07, 6.45) is 1.94. The highest BCUT2D eigenvalue weighted by Crippen LogP contribution is 2.23. The summed E-state index contributed by atoms with van der Waals surface area (Å²) in [4.78, 5) is 28.7. The molecule has 1 unspecified atom stereocenters. The van der Waals surface area contributed by atoms with E-state index in [1.54, 1.807) is 16.9 Å². The fraction of sp³-hybridized carbons (Fsp3) is 0.333. The Morgan fingerprint density at radius 1 is 1.21 bits per heavy atom. The van der Waals surface area contributed by atoms with Crippen molar-refractivity contribution in [1.29, 1.82) is 0 Å². The van der Waals surface area contributed by atoms with Gasteiger partial charge < -0.3 is 10.4 Å². The molecule has 28 heavy (non-hydrogen) atoms. The summed E-state index contributed by atoms with van der Waals surface area (Å²) in [5.74, 6) is -1.16. The second-order valence-corrected chi connectivity index (χ2v) is 7.10. The zero-order valence-corrected chi connectivity index (χ0v) is 16.2. The van der Waals surface area contributed by atoms with Crippen LogP contribution in [0.3, 0.4) is 0 Å². The van der Waals surface area contributed by atoms with Crippen molar-refractivity contribution in [1.82, 2.24) is 20.1 Å². The van der Waals surface area contributed by atoms with Gasteiger partial charge in [-0.3, -0.25) is 9.59 Å². The number of carboxylic acids is 1. The summed E-state index contributed by atoms with van der Waals surface area (Å²) in [5, 5.41) is 17.1. The van der Waals surface area contributed by atoms with Crippen LogP contribution in [0.15, 0.2) is 42.6 Å². The van der Waals surface area contributed by atoms with Gasteiger partial charge in [-0.25, -0.2) is 9.67 Å². The second kappa shape index (κ2) is 8.21. The third-order valence-corrected chi connectivity index (χ3v) is 4.58. The lowest BCUT2D eigenvalue weighted by Crippen LogP contribution is -2.29. The van der Waals surface area contributed by atoms with Crippen LogP contribution in [0, 0.1) is 6.92 Å². The molecular formula is C21H24N4O3. The number of nitrogens with one attached hydrogen (secondary N) is 1. The van der Waals surface area contributed by atoms with Crippen molar-refractivity contribution < 1.29 is 14.7 Å². The average Bonchev–Trinajstić information content (AvgIpc) is 3.08. The number of hydrogen-bond donors (Lipinski definition) is 2. The summed E-state index contributed by atoms with van der Waals surface area (Å²) in [5.41, 5.74) is 2.76. The van der Waals surface area contributed by atoms with Crippen molar-refractivity contribution in [2.24, 2.45) is 0 Å². The number of aromatic nitrogens is 3. The molecule has 2 aromatic heterocycles. The van der Waals surface area contributed by atoms with Crippen LogP contribution >= 0.6 is 0 Å². The van der Waals surface area contributed by atoms with Gasteiger partial charge in [-0.2, -0.15) is 5.10 Å². The first-order valence-electron chi connectivity index (χ1n) is 9.29. The Kier molecular flexibility index (Phi) is 5.73. The molecule has 3 rings (SSSR count). The standard InChI is InChI=1S/C21H24N4O3/c1-13(2)25-20-17(12-22-25)16(11-14(3)23-20)21(28)24-18(9-10-19(26)27)15-7-5-4-6-8-15/h4-8,11-13,18H,9-10H2,1-3H3,(H,24,28)(H,26,27). The van der Waals surface area contributed by atoms with Gasteiger partial charge in [-0.1, -0.05) is 30.3 Å². The SMILES string of the molecule is Cc1cc(C(=O)NC(CCC(=O)O)c2ccccc2)c2cnn(C(C)C)c2n1. The van der Waals surface area contributed by atoms with E-state index < -0.39 is 12.0 Å². The van der Waals surface area contributed by atoms with Crippen LogP contribution in [0.4, 0.5) is 0 Å². The van der Waals surface area contributed by atoms with Crippen molar-refractivity contribution in [3.05, 3.63) is 59.4 Å². The van der Waals surface area contributed by atoms with Crippen molar-refractivity contribution in [2.45, 2.75) is 45.7 Å². The number of carbonyl (C=O) groups is 2. The Morgan fingerprint density at radius 2 is 1.93 bits per heavy atom. The minimum Gasteiger partial charge on any atom is -0.481 e. The maximum Gasteiger partial charge on any atom is 0.303 e. The lowest BCUT2D eigenvalue weighted by Gasteiger charge is -2.19. The molecule has 7 nitrogen and oxygen atoms in total.